The average molecular weight is 493 g/mol. The molecule has 2 aliphatic rings. The highest BCUT2D eigenvalue weighted by Gasteiger charge is 2.20. The lowest BCUT2D eigenvalue weighted by Crippen LogP contribution is -2.39. The van der Waals surface area contributed by atoms with Gasteiger partial charge in [0.2, 0.25) is 21.9 Å². The van der Waals surface area contributed by atoms with Crippen LogP contribution < -0.4 is 20.1 Å². The molecule has 2 aromatic rings. The van der Waals surface area contributed by atoms with Crippen molar-refractivity contribution in [1.82, 2.24) is 14.9 Å². The highest BCUT2D eigenvalue weighted by Crippen LogP contribution is 2.20. The molecule has 3 N–H and O–H groups in total. The van der Waals surface area contributed by atoms with Crippen molar-refractivity contribution in [3.63, 3.8) is 0 Å². The summed E-state index contributed by atoms with van der Waals surface area (Å²) in [6.45, 7) is 6.45. The van der Waals surface area contributed by atoms with E-state index >= 15 is 0 Å². The van der Waals surface area contributed by atoms with E-state index in [0.29, 0.717) is 58.6 Å². The molecular weight excluding hydrogens is 464 g/mol. The van der Waals surface area contributed by atoms with Crippen LogP contribution >= 0.6 is 0 Å². The molecule has 4 rings (SSSR count). The lowest BCUT2D eigenvalue weighted by molar-refractivity contribution is 0.0320. The van der Waals surface area contributed by atoms with E-state index in [4.69, 9.17) is 19.3 Å². The van der Waals surface area contributed by atoms with Crippen LogP contribution in [0.15, 0.2) is 35.2 Å². The maximum atomic E-state index is 13.0. The lowest BCUT2D eigenvalue weighted by Gasteiger charge is -2.27. The lowest BCUT2D eigenvalue weighted by atomic mass is 10.3. The molecule has 1 aromatic carbocycles. The van der Waals surface area contributed by atoms with Crippen LogP contribution in [-0.2, 0) is 19.5 Å². The minimum Gasteiger partial charge on any atom is -0.476 e. The SMILES string of the molecule is NS(=O)(=O)c1cccc(NC(=O)c2cc(OCCN3CCOCC3)nc(N3CCOCC3)n2)c1. The number of aromatic nitrogens is 2. The number of nitrogens with one attached hydrogen (secondary N) is 1. The van der Waals surface area contributed by atoms with Crippen LogP contribution in [0.4, 0.5) is 11.6 Å². The number of nitrogens with zero attached hydrogens (tertiary/aromatic N) is 4. The van der Waals surface area contributed by atoms with Crippen LogP contribution in [0.3, 0.4) is 0 Å². The molecule has 3 heterocycles. The molecule has 1 amide bonds. The van der Waals surface area contributed by atoms with Gasteiger partial charge in [-0.2, -0.15) is 4.98 Å². The zero-order chi connectivity index (χ0) is 24.0. The summed E-state index contributed by atoms with van der Waals surface area (Å²) in [5.41, 5.74) is 0.372. The van der Waals surface area contributed by atoms with Gasteiger partial charge in [-0.15, -0.1) is 0 Å². The second kappa shape index (κ2) is 11.1. The Morgan fingerprint density at radius 1 is 1.06 bits per heavy atom. The van der Waals surface area contributed by atoms with Crippen LogP contribution in [0, 0.1) is 0 Å². The van der Waals surface area contributed by atoms with Crippen LogP contribution in [0.2, 0.25) is 0 Å². The molecule has 0 spiro atoms. The number of carbonyl (C=O) groups is 1. The Morgan fingerprint density at radius 2 is 1.76 bits per heavy atom. The molecule has 0 saturated carbocycles. The number of sulfonamides is 1. The summed E-state index contributed by atoms with van der Waals surface area (Å²) in [5, 5.41) is 7.85. The van der Waals surface area contributed by atoms with Crippen molar-refractivity contribution in [2.75, 3.05) is 76.0 Å². The zero-order valence-electron chi connectivity index (χ0n) is 18.7. The van der Waals surface area contributed by atoms with E-state index in [0.717, 1.165) is 13.1 Å². The molecule has 0 radical (unpaired) electrons. The van der Waals surface area contributed by atoms with E-state index in [2.05, 4.69) is 20.2 Å². The maximum Gasteiger partial charge on any atom is 0.274 e. The predicted octanol–water partition coefficient (Wildman–Crippen LogP) is -0.0761. The monoisotopic (exact) mass is 492 g/mol. The summed E-state index contributed by atoms with van der Waals surface area (Å²) in [5.74, 6) is 0.130. The van der Waals surface area contributed by atoms with Crippen LogP contribution in [0.1, 0.15) is 10.5 Å². The second-order valence-corrected chi connectivity index (χ2v) is 9.38. The molecule has 184 valence electrons. The summed E-state index contributed by atoms with van der Waals surface area (Å²) in [6.07, 6.45) is 0. The largest absolute Gasteiger partial charge is 0.476 e. The van der Waals surface area contributed by atoms with E-state index in [1.807, 2.05) is 4.90 Å². The first-order chi connectivity index (χ1) is 16.4. The summed E-state index contributed by atoms with van der Waals surface area (Å²) < 4.78 is 39.9. The molecule has 0 unspecified atom stereocenters. The van der Waals surface area contributed by atoms with Crippen molar-refractivity contribution < 1.29 is 27.4 Å². The van der Waals surface area contributed by atoms with Crippen molar-refractivity contribution in [1.29, 1.82) is 0 Å². The van der Waals surface area contributed by atoms with E-state index in [-0.39, 0.29) is 22.2 Å². The smallest absolute Gasteiger partial charge is 0.274 e. The molecule has 2 fully saturated rings. The Kier molecular flexibility index (Phi) is 7.90. The molecular formula is C21H28N6O6S. The number of primary sulfonamides is 1. The first kappa shape index (κ1) is 24.3. The Morgan fingerprint density at radius 3 is 2.47 bits per heavy atom. The number of carbonyl (C=O) groups excluding carboxylic acids is 1. The van der Waals surface area contributed by atoms with E-state index < -0.39 is 15.9 Å². The fraction of sp³-hybridized carbons (Fsp3) is 0.476. The molecule has 0 atom stereocenters. The first-order valence-electron chi connectivity index (χ1n) is 11.0. The third-order valence-electron chi connectivity index (χ3n) is 5.40. The fourth-order valence-corrected chi connectivity index (χ4v) is 4.12. The van der Waals surface area contributed by atoms with Crippen LogP contribution in [0.5, 0.6) is 5.88 Å². The second-order valence-electron chi connectivity index (χ2n) is 7.82. The van der Waals surface area contributed by atoms with Gasteiger partial charge >= 0.3 is 0 Å². The molecule has 13 heteroatoms. The van der Waals surface area contributed by atoms with Gasteiger partial charge in [-0.1, -0.05) is 6.07 Å². The van der Waals surface area contributed by atoms with Crippen LogP contribution in [-0.4, -0.2) is 95.0 Å². The number of morpholine rings is 2. The summed E-state index contributed by atoms with van der Waals surface area (Å²) >= 11 is 0. The third-order valence-corrected chi connectivity index (χ3v) is 6.31. The number of amides is 1. The van der Waals surface area contributed by atoms with Gasteiger partial charge in [-0.3, -0.25) is 9.69 Å². The van der Waals surface area contributed by atoms with E-state index in [1.54, 1.807) is 6.07 Å². The minimum absolute atomic E-state index is 0.0962. The summed E-state index contributed by atoms with van der Waals surface area (Å²) in [4.78, 5) is 26.0. The topological polar surface area (TPSA) is 149 Å². The van der Waals surface area contributed by atoms with Crippen molar-refractivity contribution in [2.24, 2.45) is 5.14 Å². The molecule has 34 heavy (non-hydrogen) atoms. The van der Waals surface area contributed by atoms with Crippen molar-refractivity contribution in [3.8, 4) is 5.88 Å². The third kappa shape index (κ3) is 6.61. The van der Waals surface area contributed by atoms with Gasteiger partial charge in [0.1, 0.15) is 12.3 Å². The van der Waals surface area contributed by atoms with Crippen LogP contribution in [0.25, 0.3) is 0 Å². The fourth-order valence-electron chi connectivity index (χ4n) is 3.56. The van der Waals surface area contributed by atoms with E-state index in [9.17, 15) is 13.2 Å². The zero-order valence-corrected chi connectivity index (χ0v) is 19.5. The minimum atomic E-state index is -3.90. The van der Waals surface area contributed by atoms with Gasteiger partial charge in [0.25, 0.3) is 5.91 Å². The van der Waals surface area contributed by atoms with Gasteiger partial charge in [0.05, 0.1) is 31.3 Å². The number of hydrogen-bond acceptors (Lipinski definition) is 10. The molecule has 1 aromatic heterocycles. The van der Waals surface area contributed by atoms with Gasteiger partial charge < -0.3 is 24.4 Å². The normalized spacial score (nSPS) is 17.4. The first-order valence-corrected chi connectivity index (χ1v) is 12.5. The molecule has 2 aliphatic heterocycles. The Balaban J connectivity index is 1.51. The Labute approximate surface area is 198 Å². The summed E-state index contributed by atoms with van der Waals surface area (Å²) in [6, 6.07) is 7.18. The van der Waals surface area contributed by atoms with E-state index in [1.165, 1.54) is 24.3 Å². The number of nitrogens with two attached hydrogens (primary N) is 1. The average Bonchev–Trinajstić information content (AvgIpc) is 2.85. The standard InChI is InChI=1S/C21H28N6O6S/c22-34(29,30)17-3-1-2-16(14-17)23-20(28)18-15-19(33-13-6-26-4-9-31-10-5-26)25-21(24-18)27-7-11-32-12-8-27/h1-3,14-15H,4-13H2,(H,23,28)(H2,22,29,30). The van der Waals surface area contributed by atoms with Crippen molar-refractivity contribution >= 4 is 27.6 Å². The van der Waals surface area contributed by atoms with Gasteiger partial charge in [-0.25, -0.2) is 18.5 Å². The van der Waals surface area contributed by atoms with Gasteiger partial charge in [0.15, 0.2) is 0 Å². The number of benzene rings is 1. The Hall–Kier alpha value is -2.84. The molecule has 2 saturated heterocycles. The molecule has 0 aliphatic carbocycles. The number of anilines is 2. The van der Waals surface area contributed by atoms with Gasteiger partial charge in [0, 0.05) is 44.5 Å². The number of hydrogen-bond donors (Lipinski definition) is 2. The van der Waals surface area contributed by atoms with Gasteiger partial charge in [-0.05, 0) is 18.2 Å². The quantitative estimate of drug-likeness (QED) is 0.512. The number of rotatable bonds is 8. The Bertz CT molecular complexity index is 1100. The summed E-state index contributed by atoms with van der Waals surface area (Å²) in [7, 11) is -3.90. The highest BCUT2D eigenvalue weighted by atomic mass is 32.2. The molecule has 12 nitrogen and oxygen atoms in total. The maximum absolute atomic E-state index is 13.0. The predicted molar refractivity (Wildman–Crippen MR) is 124 cm³/mol. The van der Waals surface area contributed by atoms with Crippen molar-refractivity contribution in [3.05, 3.63) is 36.0 Å². The van der Waals surface area contributed by atoms with Crippen molar-refractivity contribution in [2.45, 2.75) is 4.90 Å². The molecule has 0 bridgehead atoms. The highest BCUT2D eigenvalue weighted by molar-refractivity contribution is 7.89. The number of ether oxygens (including phenoxy) is 3.